The summed E-state index contributed by atoms with van der Waals surface area (Å²) in [5.41, 5.74) is 1.84. The Balaban J connectivity index is 1.49. The van der Waals surface area contributed by atoms with Crippen LogP contribution in [0.1, 0.15) is 45.0 Å². The van der Waals surface area contributed by atoms with Gasteiger partial charge in [0.15, 0.2) is 5.76 Å². The van der Waals surface area contributed by atoms with Gasteiger partial charge in [-0.25, -0.2) is 9.67 Å². The van der Waals surface area contributed by atoms with Crippen LogP contribution in [0.2, 0.25) is 0 Å². The number of hydrogen-bond acceptors (Lipinski definition) is 6. The molecule has 8 nitrogen and oxygen atoms in total. The molecule has 0 saturated carbocycles. The van der Waals surface area contributed by atoms with Crippen LogP contribution >= 0.6 is 0 Å². The molecular formula is C17H19N5O3. The van der Waals surface area contributed by atoms with Crippen molar-refractivity contribution in [3.8, 4) is 0 Å². The zero-order valence-electron chi connectivity index (χ0n) is 14.4. The average Bonchev–Trinajstić information content (AvgIpc) is 3.28. The minimum Gasteiger partial charge on any atom is -0.456 e. The van der Waals surface area contributed by atoms with Crippen molar-refractivity contribution in [3.05, 3.63) is 52.3 Å². The molecule has 0 radical (unpaired) electrons. The van der Waals surface area contributed by atoms with Crippen molar-refractivity contribution in [2.45, 2.75) is 40.3 Å². The molecule has 0 aliphatic carbocycles. The molecule has 3 aromatic heterocycles. The minimum absolute atomic E-state index is 0.128. The van der Waals surface area contributed by atoms with Gasteiger partial charge in [0.05, 0.1) is 18.8 Å². The van der Waals surface area contributed by atoms with E-state index in [1.807, 2.05) is 31.5 Å². The number of fused-ring (bicyclic) bond motifs is 1. The minimum atomic E-state index is -0.128. The first-order valence-electron chi connectivity index (χ1n) is 8.21. The molecule has 0 bridgehead atoms. The molecule has 0 unspecified atom stereocenters. The molecule has 4 rings (SSSR count). The smallest absolute Gasteiger partial charge is 0.290 e. The van der Waals surface area contributed by atoms with Crippen molar-refractivity contribution >= 4 is 5.91 Å². The lowest BCUT2D eigenvalue weighted by molar-refractivity contribution is 0.0668. The number of nitrogens with zero attached hydrogens (tertiary/aromatic N) is 5. The standard InChI is InChI=1S/C17H19N5O3/c1-10-14(11(2)25-20-10)8-13-4-5-15(24-13)17(23)21-6-7-22-16(9-21)18-12(3)19-22/h4-5H,6-9H2,1-3H3. The van der Waals surface area contributed by atoms with Crippen LogP contribution in [0.15, 0.2) is 21.1 Å². The fraction of sp³-hybridized carbons (Fsp3) is 0.412. The molecule has 4 heterocycles. The lowest BCUT2D eigenvalue weighted by atomic mass is 10.1. The number of carbonyl (C=O) groups excluding carboxylic acids is 1. The Bertz CT molecular complexity index is 917. The fourth-order valence-corrected chi connectivity index (χ4v) is 3.11. The summed E-state index contributed by atoms with van der Waals surface area (Å²) in [6, 6.07) is 3.55. The maximum Gasteiger partial charge on any atom is 0.290 e. The van der Waals surface area contributed by atoms with Gasteiger partial charge in [0.25, 0.3) is 5.91 Å². The second-order valence-electron chi connectivity index (χ2n) is 6.27. The Hall–Kier alpha value is -2.90. The molecular weight excluding hydrogens is 322 g/mol. The summed E-state index contributed by atoms with van der Waals surface area (Å²) in [4.78, 5) is 18.8. The highest BCUT2D eigenvalue weighted by atomic mass is 16.5. The van der Waals surface area contributed by atoms with Gasteiger partial charge in [0.1, 0.15) is 23.2 Å². The molecule has 1 aliphatic rings. The first-order valence-corrected chi connectivity index (χ1v) is 8.21. The van der Waals surface area contributed by atoms with E-state index in [2.05, 4.69) is 15.2 Å². The number of furan rings is 1. The summed E-state index contributed by atoms with van der Waals surface area (Å²) in [5, 5.41) is 8.25. The summed E-state index contributed by atoms with van der Waals surface area (Å²) >= 11 is 0. The monoisotopic (exact) mass is 341 g/mol. The molecule has 0 saturated heterocycles. The fourth-order valence-electron chi connectivity index (χ4n) is 3.11. The van der Waals surface area contributed by atoms with Gasteiger partial charge >= 0.3 is 0 Å². The van der Waals surface area contributed by atoms with E-state index in [4.69, 9.17) is 8.94 Å². The van der Waals surface area contributed by atoms with E-state index >= 15 is 0 Å². The van der Waals surface area contributed by atoms with Gasteiger partial charge in [-0.3, -0.25) is 4.79 Å². The zero-order chi connectivity index (χ0) is 17.6. The third-order valence-corrected chi connectivity index (χ3v) is 4.46. The molecule has 0 fully saturated rings. The van der Waals surface area contributed by atoms with Crippen LogP contribution in [0.3, 0.4) is 0 Å². The highest BCUT2D eigenvalue weighted by molar-refractivity contribution is 5.91. The van der Waals surface area contributed by atoms with Crippen LogP contribution in [-0.4, -0.2) is 37.3 Å². The van der Waals surface area contributed by atoms with Crippen LogP contribution in [-0.2, 0) is 19.5 Å². The Kier molecular flexibility index (Phi) is 3.67. The van der Waals surface area contributed by atoms with Crippen LogP contribution in [0.4, 0.5) is 0 Å². The highest BCUT2D eigenvalue weighted by Gasteiger charge is 2.26. The van der Waals surface area contributed by atoms with Crippen LogP contribution in [0.5, 0.6) is 0 Å². The van der Waals surface area contributed by atoms with Gasteiger partial charge in [-0.05, 0) is 32.9 Å². The van der Waals surface area contributed by atoms with Crippen molar-refractivity contribution in [2.24, 2.45) is 0 Å². The van der Waals surface area contributed by atoms with Crippen LogP contribution in [0, 0.1) is 20.8 Å². The number of aromatic nitrogens is 4. The third kappa shape index (κ3) is 2.84. The van der Waals surface area contributed by atoms with Crippen molar-refractivity contribution in [3.63, 3.8) is 0 Å². The van der Waals surface area contributed by atoms with E-state index in [-0.39, 0.29) is 5.91 Å². The largest absolute Gasteiger partial charge is 0.456 e. The summed E-state index contributed by atoms with van der Waals surface area (Å²) in [6.45, 7) is 7.30. The molecule has 8 heteroatoms. The van der Waals surface area contributed by atoms with Gasteiger partial charge in [0, 0.05) is 18.5 Å². The van der Waals surface area contributed by atoms with E-state index < -0.39 is 0 Å². The first-order chi connectivity index (χ1) is 12.0. The SMILES string of the molecule is Cc1nc2n(n1)CCN(C(=O)c1ccc(Cc3c(C)noc3C)o1)C2. The highest BCUT2D eigenvalue weighted by Crippen LogP contribution is 2.21. The molecule has 25 heavy (non-hydrogen) atoms. The van der Waals surface area contributed by atoms with Gasteiger partial charge in [-0.2, -0.15) is 5.10 Å². The van der Waals surface area contributed by atoms with Gasteiger partial charge < -0.3 is 13.8 Å². The summed E-state index contributed by atoms with van der Waals surface area (Å²) < 4.78 is 12.8. The zero-order valence-corrected chi connectivity index (χ0v) is 14.4. The van der Waals surface area contributed by atoms with Gasteiger partial charge in [-0.1, -0.05) is 5.16 Å². The van der Waals surface area contributed by atoms with Crippen molar-refractivity contribution in [1.82, 2.24) is 24.8 Å². The number of hydrogen-bond donors (Lipinski definition) is 0. The Morgan fingerprint density at radius 1 is 1.24 bits per heavy atom. The van der Waals surface area contributed by atoms with Crippen LogP contribution in [0.25, 0.3) is 0 Å². The quantitative estimate of drug-likeness (QED) is 0.724. The average molecular weight is 341 g/mol. The normalized spacial score (nSPS) is 14.0. The second kappa shape index (κ2) is 5.87. The molecule has 1 aliphatic heterocycles. The second-order valence-corrected chi connectivity index (χ2v) is 6.27. The molecule has 3 aromatic rings. The topological polar surface area (TPSA) is 90.2 Å². The Morgan fingerprint density at radius 3 is 2.84 bits per heavy atom. The van der Waals surface area contributed by atoms with E-state index in [9.17, 15) is 4.79 Å². The Labute approximate surface area is 144 Å². The molecule has 130 valence electrons. The van der Waals surface area contributed by atoms with Gasteiger partial charge in [0.2, 0.25) is 0 Å². The lowest BCUT2D eigenvalue weighted by Gasteiger charge is -2.25. The maximum absolute atomic E-state index is 12.7. The number of rotatable bonds is 3. The summed E-state index contributed by atoms with van der Waals surface area (Å²) in [6.07, 6.45) is 0.558. The van der Waals surface area contributed by atoms with E-state index in [0.29, 0.717) is 37.6 Å². The molecule has 0 spiro atoms. The van der Waals surface area contributed by atoms with E-state index in [0.717, 1.165) is 28.7 Å². The third-order valence-electron chi connectivity index (χ3n) is 4.46. The van der Waals surface area contributed by atoms with Crippen molar-refractivity contribution in [1.29, 1.82) is 0 Å². The number of carbonyl (C=O) groups is 1. The summed E-state index contributed by atoms with van der Waals surface area (Å²) in [5.74, 6) is 3.23. The predicted octanol–water partition coefficient (Wildman–Crippen LogP) is 2.03. The van der Waals surface area contributed by atoms with E-state index in [1.54, 1.807) is 11.0 Å². The molecule has 1 amide bonds. The van der Waals surface area contributed by atoms with Gasteiger partial charge in [-0.15, -0.1) is 0 Å². The first kappa shape index (κ1) is 15.6. The van der Waals surface area contributed by atoms with Crippen molar-refractivity contribution in [2.75, 3.05) is 6.54 Å². The van der Waals surface area contributed by atoms with E-state index in [1.165, 1.54) is 0 Å². The number of aryl methyl sites for hydroxylation is 3. The molecule has 0 N–H and O–H groups in total. The summed E-state index contributed by atoms with van der Waals surface area (Å²) in [7, 11) is 0. The molecule has 0 aromatic carbocycles. The van der Waals surface area contributed by atoms with Crippen LogP contribution < -0.4 is 0 Å². The Morgan fingerprint density at radius 2 is 2.08 bits per heavy atom. The number of amides is 1. The predicted molar refractivity (Wildman–Crippen MR) is 87.0 cm³/mol. The maximum atomic E-state index is 12.7. The molecule has 0 atom stereocenters. The van der Waals surface area contributed by atoms with Crippen molar-refractivity contribution < 1.29 is 13.7 Å². The lowest BCUT2D eigenvalue weighted by Crippen LogP contribution is -2.38.